The van der Waals surface area contributed by atoms with Gasteiger partial charge in [0.1, 0.15) is 11.7 Å². The van der Waals surface area contributed by atoms with Crippen LogP contribution in [0.1, 0.15) is 47.8 Å². The fourth-order valence-electron chi connectivity index (χ4n) is 4.26. The highest BCUT2D eigenvalue weighted by atomic mass is 16.5. The van der Waals surface area contributed by atoms with Gasteiger partial charge < -0.3 is 24.2 Å². The first-order chi connectivity index (χ1) is 16.7. The van der Waals surface area contributed by atoms with Gasteiger partial charge in [0.25, 0.3) is 5.91 Å². The largest absolute Gasteiger partial charge is 0.504 e. The molecule has 35 heavy (non-hydrogen) atoms. The zero-order valence-electron chi connectivity index (χ0n) is 20.9. The van der Waals surface area contributed by atoms with Crippen molar-refractivity contribution >= 4 is 17.5 Å². The Labute approximate surface area is 205 Å². The summed E-state index contributed by atoms with van der Waals surface area (Å²) in [7, 11) is 2.97. The van der Waals surface area contributed by atoms with Crippen molar-refractivity contribution in [2.75, 3.05) is 34.0 Å². The highest BCUT2D eigenvalue weighted by Crippen LogP contribution is 2.41. The van der Waals surface area contributed by atoms with Gasteiger partial charge in [-0.05, 0) is 60.7 Å². The van der Waals surface area contributed by atoms with Crippen molar-refractivity contribution in [3.63, 3.8) is 0 Å². The van der Waals surface area contributed by atoms with E-state index >= 15 is 0 Å². The number of aryl methyl sites for hydroxylation is 1. The van der Waals surface area contributed by atoms with Crippen LogP contribution in [-0.4, -0.2) is 61.5 Å². The number of carbonyl (C=O) groups is 3. The maximum absolute atomic E-state index is 13.7. The average molecular weight is 484 g/mol. The zero-order chi connectivity index (χ0) is 25.7. The molecule has 0 aromatic heterocycles. The van der Waals surface area contributed by atoms with Gasteiger partial charge in [0, 0.05) is 25.8 Å². The Hall–Kier alpha value is -3.39. The molecule has 2 atom stereocenters. The normalized spacial score (nSPS) is 17.8. The standard InChI is InChI=1S/C27H33NO7/c1-16(2)15-35-21-10-8-19(13-17(21)3)25(30)23-24(18-7-9-20(29)22(14-18)34-5)28(11-6-12-33-4)27(32)26(23)31/h7-10,13-14,16,23-24,29H,6,11-12,15H2,1-5H3. The van der Waals surface area contributed by atoms with Gasteiger partial charge in [0.2, 0.25) is 5.78 Å². The SMILES string of the molecule is COCCCN1C(=O)C(=O)C(C(=O)c2ccc(OCC(C)C)c(C)c2)C1c1ccc(O)c(OC)c1. The number of carbonyl (C=O) groups excluding carboxylic acids is 3. The maximum atomic E-state index is 13.7. The van der Waals surface area contributed by atoms with E-state index in [0.717, 1.165) is 5.56 Å². The summed E-state index contributed by atoms with van der Waals surface area (Å²) in [6.07, 6.45) is 0.503. The van der Waals surface area contributed by atoms with E-state index in [4.69, 9.17) is 14.2 Å². The van der Waals surface area contributed by atoms with Crippen molar-refractivity contribution in [1.29, 1.82) is 0 Å². The lowest BCUT2D eigenvalue weighted by Gasteiger charge is -2.27. The number of rotatable bonds is 11. The Morgan fingerprint density at radius 2 is 1.83 bits per heavy atom. The van der Waals surface area contributed by atoms with E-state index < -0.39 is 29.4 Å². The Kier molecular flexibility index (Phi) is 8.51. The van der Waals surface area contributed by atoms with Crippen LogP contribution < -0.4 is 9.47 Å². The predicted molar refractivity (Wildman–Crippen MR) is 130 cm³/mol. The van der Waals surface area contributed by atoms with Crippen molar-refractivity contribution < 1.29 is 33.7 Å². The zero-order valence-corrected chi connectivity index (χ0v) is 20.9. The number of ketones is 2. The molecule has 3 rings (SSSR count). The van der Waals surface area contributed by atoms with Crippen LogP contribution in [0.15, 0.2) is 36.4 Å². The van der Waals surface area contributed by atoms with Crippen LogP contribution in [0, 0.1) is 18.8 Å². The fraction of sp³-hybridized carbons (Fsp3) is 0.444. The number of benzene rings is 2. The lowest BCUT2D eigenvalue weighted by Crippen LogP contribution is -2.32. The molecule has 0 radical (unpaired) electrons. The molecule has 1 amide bonds. The first kappa shape index (κ1) is 26.2. The highest BCUT2D eigenvalue weighted by molar-refractivity contribution is 6.44. The number of phenolic OH excluding ortho intramolecular Hbond substituents is 1. The lowest BCUT2D eigenvalue weighted by atomic mass is 9.85. The summed E-state index contributed by atoms with van der Waals surface area (Å²) in [5.74, 6) is -1.97. The van der Waals surface area contributed by atoms with Crippen molar-refractivity contribution in [1.82, 2.24) is 4.90 Å². The molecule has 2 aromatic carbocycles. The van der Waals surface area contributed by atoms with Crippen molar-refractivity contribution in [3.8, 4) is 17.2 Å². The van der Waals surface area contributed by atoms with Gasteiger partial charge in [-0.3, -0.25) is 14.4 Å². The van der Waals surface area contributed by atoms with E-state index in [9.17, 15) is 19.5 Å². The molecule has 0 aliphatic carbocycles. The van der Waals surface area contributed by atoms with E-state index in [1.165, 1.54) is 18.1 Å². The van der Waals surface area contributed by atoms with Crippen LogP contribution >= 0.6 is 0 Å². The average Bonchev–Trinajstić information content (AvgIpc) is 3.08. The first-order valence-electron chi connectivity index (χ1n) is 11.7. The number of methoxy groups -OCH3 is 2. The highest BCUT2D eigenvalue weighted by Gasteiger charge is 2.51. The molecular weight excluding hydrogens is 450 g/mol. The number of nitrogens with zero attached hydrogens (tertiary/aromatic N) is 1. The summed E-state index contributed by atoms with van der Waals surface area (Å²) in [6.45, 7) is 7.13. The first-order valence-corrected chi connectivity index (χ1v) is 11.7. The van der Waals surface area contributed by atoms with Gasteiger partial charge in [-0.25, -0.2) is 0 Å². The molecule has 8 nitrogen and oxygen atoms in total. The summed E-state index contributed by atoms with van der Waals surface area (Å²) in [5.41, 5.74) is 1.64. The molecular formula is C27H33NO7. The number of hydrogen-bond donors (Lipinski definition) is 1. The summed E-state index contributed by atoms with van der Waals surface area (Å²) >= 11 is 0. The van der Waals surface area contributed by atoms with Crippen molar-refractivity contribution in [2.24, 2.45) is 11.8 Å². The topological polar surface area (TPSA) is 102 Å². The second kappa shape index (κ2) is 11.4. The Morgan fingerprint density at radius 1 is 1.09 bits per heavy atom. The molecule has 1 aliphatic heterocycles. The van der Waals surface area contributed by atoms with Crippen LogP contribution in [-0.2, 0) is 14.3 Å². The molecule has 2 unspecified atom stereocenters. The quantitative estimate of drug-likeness (QED) is 0.225. The maximum Gasteiger partial charge on any atom is 0.291 e. The van der Waals surface area contributed by atoms with Crippen LogP contribution in [0.3, 0.4) is 0 Å². The molecule has 2 aromatic rings. The molecule has 1 saturated heterocycles. The molecule has 1 heterocycles. The van der Waals surface area contributed by atoms with Crippen molar-refractivity contribution in [3.05, 3.63) is 53.1 Å². The Morgan fingerprint density at radius 3 is 2.46 bits per heavy atom. The van der Waals surface area contributed by atoms with Crippen LogP contribution in [0.5, 0.6) is 17.2 Å². The minimum atomic E-state index is -1.22. The van der Waals surface area contributed by atoms with Gasteiger partial charge in [0.05, 0.1) is 19.8 Å². The molecule has 0 saturated carbocycles. The molecule has 0 spiro atoms. The molecule has 188 valence electrons. The minimum Gasteiger partial charge on any atom is -0.504 e. The third-order valence-corrected chi connectivity index (χ3v) is 6.01. The molecule has 1 fully saturated rings. The van der Waals surface area contributed by atoms with E-state index in [0.29, 0.717) is 42.4 Å². The van der Waals surface area contributed by atoms with E-state index in [-0.39, 0.29) is 18.0 Å². The number of phenols is 1. The number of hydrogen-bond acceptors (Lipinski definition) is 7. The monoisotopic (exact) mass is 483 g/mol. The van der Waals surface area contributed by atoms with E-state index in [1.54, 1.807) is 37.4 Å². The van der Waals surface area contributed by atoms with E-state index in [1.807, 2.05) is 20.8 Å². The summed E-state index contributed by atoms with van der Waals surface area (Å²) in [6, 6.07) is 8.81. The van der Waals surface area contributed by atoms with Gasteiger partial charge in [-0.1, -0.05) is 19.9 Å². The Balaban J connectivity index is 2.00. The predicted octanol–water partition coefficient (Wildman–Crippen LogP) is 3.73. The second-order valence-electron chi connectivity index (χ2n) is 9.11. The van der Waals surface area contributed by atoms with Gasteiger partial charge >= 0.3 is 0 Å². The fourth-order valence-corrected chi connectivity index (χ4v) is 4.26. The summed E-state index contributed by atoms with van der Waals surface area (Å²) in [5, 5.41) is 10.0. The minimum absolute atomic E-state index is 0.0756. The third kappa shape index (κ3) is 5.65. The third-order valence-electron chi connectivity index (χ3n) is 6.01. The summed E-state index contributed by atoms with van der Waals surface area (Å²) < 4.78 is 16.1. The number of amides is 1. The van der Waals surface area contributed by atoms with Crippen LogP contribution in [0.25, 0.3) is 0 Å². The van der Waals surface area contributed by atoms with Gasteiger partial charge in [0.15, 0.2) is 17.3 Å². The number of aromatic hydroxyl groups is 1. The van der Waals surface area contributed by atoms with Crippen LogP contribution in [0.2, 0.25) is 0 Å². The molecule has 0 bridgehead atoms. The number of Topliss-reactive ketones (excluding diaryl/α,β-unsaturated/α-hetero) is 2. The molecule has 1 aliphatic rings. The number of ether oxygens (including phenoxy) is 3. The molecule has 8 heteroatoms. The van der Waals surface area contributed by atoms with Gasteiger partial charge in [-0.15, -0.1) is 0 Å². The van der Waals surface area contributed by atoms with Crippen molar-refractivity contribution in [2.45, 2.75) is 33.2 Å². The summed E-state index contributed by atoms with van der Waals surface area (Å²) in [4.78, 5) is 41.2. The van der Waals surface area contributed by atoms with Gasteiger partial charge in [-0.2, -0.15) is 0 Å². The van der Waals surface area contributed by atoms with E-state index in [2.05, 4.69) is 0 Å². The lowest BCUT2D eigenvalue weighted by molar-refractivity contribution is -0.140. The van der Waals surface area contributed by atoms with Crippen LogP contribution in [0.4, 0.5) is 0 Å². The smallest absolute Gasteiger partial charge is 0.291 e. The second-order valence-corrected chi connectivity index (χ2v) is 9.11. The number of likely N-dealkylation sites (tertiary alicyclic amines) is 1. The Bertz CT molecular complexity index is 1090. The molecule has 1 N–H and O–H groups in total.